The van der Waals surface area contributed by atoms with Crippen LogP contribution in [0.2, 0.25) is 0 Å². The normalized spacial score (nSPS) is 11.7. The van der Waals surface area contributed by atoms with E-state index in [0.29, 0.717) is 0 Å². The van der Waals surface area contributed by atoms with Crippen LogP contribution in [-0.4, -0.2) is 41.6 Å². The quantitative estimate of drug-likeness (QED) is 0.828. The van der Waals surface area contributed by atoms with Crippen molar-refractivity contribution in [2.75, 3.05) is 6.61 Å². The molecule has 1 aromatic heterocycles. The maximum absolute atomic E-state index is 12.4. The lowest BCUT2D eigenvalue weighted by Crippen LogP contribution is -2.11. The number of hydrogen-bond donors (Lipinski definition) is 1. The zero-order valence-corrected chi connectivity index (χ0v) is 12.6. The van der Waals surface area contributed by atoms with Gasteiger partial charge in [0.2, 0.25) is 15.5 Å². The molecule has 7 nitrogen and oxygen atoms in total. The van der Waals surface area contributed by atoms with Crippen molar-refractivity contribution in [1.29, 1.82) is 0 Å². The number of ether oxygens (including phenoxy) is 1. The van der Waals surface area contributed by atoms with E-state index in [1.807, 2.05) is 0 Å². The molecule has 0 aliphatic rings. The topological polar surface area (TPSA) is 98.5 Å². The zero-order chi connectivity index (χ0) is 17.2. The molecule has 2 rings (SSSR count). The molecule has 0 aliphatic heterocycles. The van der Waals surface area contributed by atoms with Crippen molar-refractivity contribution in [2.24, 2.45) is 0 Å². The van der Waals surface area contributed by atoms with Gasteiger partial charge in [0.05, 0.1) is 23.4 Å². The largest absolute Gasteiger partial charge is 0.504 e. The fourth-order valence-corrected chi connectivity index (χ4v) is 2.45. The van der Waals surface area contributed by atoms with Crippen molar-refractivity contribution >= 4 is 15.8 Å². The summed E-state index contributed by atoms with van der Waals surface area (Å²) < 4.78 is 53.4. The van der Waals surface area contributed by atoms with E-state index in [-0.39, 0.29) is 18.0 Å². The minimum absolute atomic E-state index is 0.102. The molecule has 0 amide bonds. The van der Waals surface area contributed by atoms with Gasteiger partial charge < -0.3 is 9.84 Å². The van der Waals surface area contributed by atoms with Gasteiger partial charge in [0, 0.05) is 0 Å². The second kappa shape index (κ2) is 6.32. The number of carbonyl (C=O) groups excluding carboxylic acids is 1. The van der Waals surface area contributed by atoms with E-state index in [9.17, 15) is 27.1 Å². The Morgan fingerprint density at radius 3 is 2.48 bits per heavy atom. The fourth-order valence-electron chi connectivity index (χ4n) is 1.73. The van der Waals surface area contributed by atoms with Gasteiger partial charge in [-0.25, -0.2) is 17.9 Å². The molecule has 1 N–H and O–H groups in total. The summed E-state index contributed by atoms with van der Waals surface area (Å²) in [5.74, 6) is -4.76. The fraction of sp³-hybridized carbons (Fsp3) is 0.231. The number of aromatic hydroxyl groups is 1. The molecule has 2 aromatic rings. The molecular weight excluding hydrogens is 334 g/mol. The summed E-state index contributed by atoms with van der Waals surface area (Å²) in [5, 5.41) is 13.5. The lowest BCUT2D eigenvalue weighted by molar-refractivity contribution is 0.0515. The Morgan fingerprint density at radius 1 is 1.35 bits per heavy atom. The molecule has 0 saturated carbocycles. The van der Waals surface area contributed by atoms with Crippen molar-refractivity contribution in [2.45, 2.75) is 17.6 Å². The highest BCUT2D eigenvalue weighted by Crippen LogP contribution is 2.22. The first-order valence-electron chi connectivity index (χ1n) is 6.35. The third kappa shape index (κ3) is 3.31. The summed E-state index contributed by atoms with van der Waals surface area (Å²) in [4.78, 5) is 11.0. The van der Waals surface area contributed by atoms with Crippen molar-refractivity contribution < 1.29 is 31.8 Å². The highest BCUT2D eigenvalue weighted by Gasteiger charge is 2.26. The number of carbonyl (C=O) groups is 1. The number of rotatable bonds is 5. The molecule has 0 aliphatic carbocycles. The van der Waals surface area contributed by atoms with Gasteiger partial charge >= 0.3 is 11.7 Å². The van der Waals surface area contributed by atoms with E-state index >= 15 is 0 Å². The molecular formula is C13H12F2N2O5S. The lowest BCUT2D eigenvalue weighted by atomic mass is 10.3. The smallest absolute Gasteiger partial charge is 0.362 e. The number of esters is 1. The molecule has 23 heavy (non-hydrogen) atoms. The maximum Gasteiger partial charge on any atom is 0.362 e. The molecule has 0 radical (unpaired) electrons. The van der Waals surface area contributed by atoms with Crippen LogP contribution in [0, 0.1) is 0 Å². The van der Waals surface area contributed by atoms with Crippen molar-refractivity contribution in [3.05, 3.63) is 36.2 Å². The second-order valence-electron chi connectivity index (χ2n) is 4.33. The van der Waals surface area contributed by atoms with E-state index in [1.165, 1.54) is 12.1 Å². The Bertz CT molecular complexity index is 815. The molecule has 0 fully saturated rings. The van der Waals surface area contributed by atoms with E-state index in [4.69, 9.17) is 4.74 Å². The number of halogens is 2. The highest BCUT2D eigenvalue weighted by atomic mass is 32.2. The van der Waals surface area contributed by atoms with Gasteiger partial charge in [-0.15, -0.1) is 0 Å². The van der Waals surface area contributed by atoms with Crippen LogP contribution in [0.5, 0.6) is 5.75 Å². The average molecular weight is 346 g/mol. The van der Waals surface area contributed by atoms with Crippen LogP contribution in [0.15, 0.2) is 35.4 Å². The molecule has 0 atom stereocenters. The summed E-state index contributed by atoms with van der Waals surface area (Å²) in [5.41, 5.74) is -0.0415. The predicted molar refractivity (Wildman–Crippen MR) is 74.4 cm³/mol. The van der Waals surface area contributed by atoms with Gasteiger partial charge in [0.1, 0.15) is 0 Å². The number of sulfone groups is 1. The lowest BCUT2D eigenvalue weighted by Gasteiger charge is -2.05. The van der Waals surface area contributed by atoms with Crippen LogP contribution in [-0.2, 0) is 14.6 Å². The average Bonchev–Trinajstić information content (AvgIpc) is 2.89. The summed E-state index contributed by atoms with van der Waals surface area (Å²) >= 11 is 0. The molecule has 10 heteroatoms. The van der Waals surface area contributed by atoms with Crippen LogP contribution < -0.4 is 0 Å². The third-order valence-electron chi connectivity index (χ3n) is 2.83. The SMILES string of the molecule is CCOC(=O)c1nn(-c2ccc(S(=O)(=O)C(F)F)cc2)cc1O. The highest BCUT2D eigenvalue weighted by molar-refractivity contribution is 7.91. The van der Waals surface area contributed by atoms with E-state index < -0.39 is 32.2 Å². The molecule has 0 saturated heterocycles. The first kappa shape index (κ1) is 16.9. The van der Waals surface area contributed by atoms with Crippen molar-refractivity contribution in [1.82, 2.24) is 9.78 Å². The number of hydrogen-bond acceptors (Lipinski definition) is 6. The maximum atomic E-state index is 12.4. The van der Waals surface area contributed by atoms with Crippen LogP contribution >= 0.6 is 0 Å². The molecule has 0 bridgehead atoms. The molecule has 124 valence electrons. The molecule has 1 aromatic carbocycles. The number of nitrogens with zero attached hydrogens (tertiary/aromatic N) is 2. The van der Waals surface area contributed by atoms with E-state index in [2.05, 4.69) is 5.10 Å². The zero-order valence-electron chi connectivity index (χ0n) is 11.8. The Hall–Kier alpha value is -2.49. The summed E-state index contributed by atoms with van der Waals surface area (Å²) in [6, 6.07) is 4.41. The first-order valence-corrected chi connectivity index (χ1v) is 7.90. The second-order valence-corrected chi connectivity index (χ2v) is 6.25. The monoisotopic (exact) mass is 346 g/mol. The standard InChI is InChI=1S/C13H12F2N2O5S/c1-2-22-12(19)11-10(18)7-17(16-11)8-3-5-9(6-4-8)23(20,21)13(14)15/h3-7,13,18H,2H2,1H3. The Kier molecular flexibility index (Phi) is 4.64. The van der Waals surface area contributed by atoms with Gasteiger partial charge in [-0.3, -0.25) is 0 Å². The van der Waals surface area contributed by atoms with Gasteiger partial charge in [-0.05, 0) is 31.2 Å². The Balaban J connectivity index is 2.34. The number of aromatic nitrogens is 2. The van der Waals surface area contributed by atoms with Crippen molar-refractivity contribution in [3.63, 3.8) is 0 Å². The summed E-state index contributed by atoms with van der Waals surface area (Å²) in [7, 11) is -4.69. The first-order chi connectivity index (χ1) is 10.8. The van der Waals surface area contributed by atoms with Crippen molar-refractivity contribution in [3.8, 4) is 11.4 Å². The predicted octanol–water partition coefficient (Wildman–Crippen LogP) is 1.75. The minimum Gasteiger partial charge on any atom is -0.504 e. The molecule has 1 heterocycles. The van der Waals surface area contributed by atoms with Gasteiger partial charge in [-0.1, -0.05) is 0 Å². The third-order valence-corrected chi connectivity index (χ3v) is 4.23. The summed E-state index contributed by atoms with van der Waals surface area (Å²) in [6.07, 6.45) is 1.11. The molecule has 0 unspecified atom stereocenters. The summed E-state index contributed by atoms with van der Waals surface area (Å²) in [6.45, 7) is 1.69. The van der Waals surface area contributed by atoms with E-state index in [0.717, 1.165) is 23.0 Å². The van der Waals surface area contributed by atoms with Crippen LogP contribution in [0.1, 0.15) is 17.4 Å². The van der Waals surface area contributed by atoms with Crippen LogP contribution in [0.4, 0.5) is 8.78 Å². The Labute approximate surface area is 130 Å². The number of benzene rings is 1. The van der Waals surface area contributed by atoms with E-state index in [1.54, 1.807) is 6.92 Å². The van der Waals surface area contributed by atoms with Gasteiger partial charge in [0.15, 0.2) is 5.75 Å². The van der Waals surface area contributed by atoms with Gasteiger partial charge in [0.25, 0.3) is 0 Å². The van der Waals surface area contributed by atoms with Gasteiger partial charge in [-0.2, -0.15) is 13.9 Å². The van der Waals surface area contributed by atoms with Crippen LogP contribution in [0.3, 0.4) is 0 Å². The minimum atomic E-state index is -4.69. The number of alkyl halides is 2. The molecule has 0 spiro atoms. The van der Waals surface area contributed by atoms with Crippen LogP contribution in [0.25, 0.3) is 5.69 Å². The Morgan fingerprint density at radius 2 is 1.96 bits per heavy atom.